The molecule has 1 aliphatic heterocycles. The summed E-state index contributed by atoms with van der Waals surface area (Å²) >= 11 is 0. The molecule has 0 radical (unpaired) electrons. The molecule has 0 fully saturated rings. The molecule has 124 valence electrons. The van der Waals surface area contributed by atoms with E-state index in [1.807, 2.05) is 26.8 Å². The molecule has 0 spiro atoms. The van der Waals surface area contributed by atoms with Crippen LogP contribution in [-0.2, 0) is 17.7 Å². The fourth-order valence-electron chi connectivity index (χ4n) is 3.18. The highest BCUT2D eigenvalue weighted by Gasteiger charge is 2.30. The molecule has 0 unspecified atom stereocenters. The van der Waals surface area contributed by atoms with Crippen molar-refractivity contribution in [2.75, 3.05) is 25.5 Å². The number of ether oxygens (including phenoxy) is 1. The van der Waals surface area contributed by atoms with Gasteiger partial charge in [-0.2, -0.15) is 0 Å². The lowest BCUT2D eigenvalue weighted by atomic mass is 10.0. The van der Waals surface area contributed by atoms with Crippen molar-refractivity contribution in [3.05, 3.63) is 29.5 Å². The van der Waals surface area contributed by atoms with Crippen molar-refractivity contribution in [2.24, 2.45) is 0 Å². The average molecular weight is 315 g/mol. The van der Waals surface area contributed by atoms with Crippen LogP contribution in [0, 0.1) is 0 Å². The van der Waals surface area contributed by atoms with E-state index in [0.29, 0.717) is 6.54 Å². The van der Waals surface area contributed by atoms with Crippen molar-refractivity contribution in [1.29, 1.82) is 0 Å². The van der Waals surface area contributed by atoms with Crippen LogP contribution in [0.3, 0.4) is 0 Å². The molecule has 1 aliphatic rings. The number of fused-ring (bicyclic) bond motifs is 3. The molecule has 23 heavy (non-hydrogen) atoms. The maximum absolute atomic E-state index is 12.4. The second-order valence-electron chi connectivity index (χ2n) is 7.42. The monoisotopic (exact) mass is 315 g/mol. The molecule has 5 nitrogen and oxygen atoms in total. The Kier molecular flexibility index (Phi) is 3.84. The third kappa shape index (κ3) is 3.06. The van der Waals surface area contributed by atoms with Crippen LogP contribution in [0.5, 0.6) is 0 Å². The highest BCUT2D eigenvalue weighted by molar-refractivity contribution is 5.98. The molecule has 1 amide bonds. The zero-order chi connectivity index (χ0) is 16.8. The largest absolute Gasteiger partial charge is 0.443 e. The van der Waals surface area contributed by atoms with Crippen LogP contribution in [0.4, 0.5) is 10.5 Å². The molecule has 2 aromatic rings. The molecule has 5 heteroatoms. The summed E-state index contributed by atoms with van der Waals surface area (Å²) in [6.45, 7) is 7.24. The van der Waals surface area contributed by atoms with Crippen LogP contribution >= 0.6 is 0 Å². The van der Waals surface area contributed by atoms with E-state index in [1.165, 1.54) is 16.5 Å². The maximum Gasteiger partial charge on any atom is 0.414 e. The Hall–Kier alpha value is -2.01. The standard InChI is InChI=1S/C18H25N3O2/c1-18(2,3)23-17(22)21-9-8-13-15(21)7-6-14-16(13)12(10-19-14)11-20(4)5/h6-7,10,19H,8-9,11H2,1-5H3. The lowest BCUT2D eigenvalue weighted by molar-refractivity contribution is 0.0584. The Bertz CT molecular complexity index is 741. The number of benzene rings is 1. The Balaban J connectivity index is 1.99. The van der Waals surface area contributed by atoms with E-state index in [2.05, 4.69) is 36.2 Å². The molecule has 0 saturated heterocycles. The van der Waals surface area contributed by atoms with Gasteiger partial charge in [-0.3, -0.25) is 4.90 Å². The first-order chi connectivity index (χ1) is 10.8. The Morgan fingerprint density at radius 2 is 2.09 bits per heavy atom. The molecule has 2 heterocycles. The second-order valence-corrected chi connectivity index (χ2v) is 7.42. The van der Waals surface area contributed by atoms with E-state index in [1.54, 1.807) is 4.90 Å². The first kappa shape index (κ1) is 15.9. The van der Waals surface area contributed by atoms with Gasteiger partial charge in [0.05, 0.1) is 5.69 Å². The van der Waals surface area contributed by atoms with Crippen LogP contribution in [0.25, 0.3) is 10.9 Å². The number of rotatable bonds is 2. The van der Waals surface area contributed by atoms with Crippen molar-refractivity contribution in [3.63, 3.8) is 0 Å². The Morgan fingerprint density at radius 1 is 1.35 bits per heavy atom. The number of hydrogen-bond donors (Lipinski definition) is 1. The molecule has 0 saturated carbocycles. The summed E-state index contributed by atoms with van der Waals surface area (Å²) in [5, 5.41) is 1.25. The van der Waals surface area contributed by atoms with Gasteiger partial charge in [0.2, 0.25) is 0 Å². The van der Waals surface area contributed by atoms with Gasteiger partial charge in [-0.1, -0.05) is 0 Å². The maximum atomic E-state index is 12.4. The van der Waals surface area contributed by atoms with Gasteiger partial charge in [-0.25, -0.2) is 4.79 Å². The van der Waals surface area contributed by atoms with Gasteiger partial charge in [-0.15, -0.1) is 0 Å². The van der Waals surface area contributed by atoms with E-state index >= 15 is 0 Å². The third-order valence-corrected chi connectivity index (χ3v) is 3.99. The normalized spacial score (nSPS) is 14.6. The van der Waals surface area contributed by atoms with Crippen LogP contribution < -0.4 is 4.90 Å². The number of amides is 1. The number of hydrogen-bond acceptors (Lipinski definition) is 3. The molecule has 0 bridgehead atoms. The molecule has 3 rings (SSSR count). The minimum atomic E-state index is -0.478. The van der Waals surface area contributed by atoms with Gasteiger partial charge in [0.15, 0.2) is 0 Å². The van der Waals surface area contributed by atoms with Gasteiger partial charge in [-0.05, 0) is 64.5 Å². The van der Waals surface area contributed by atoms with Crippen LogP contribution in [0.15, 0.2) is 18.3 Å². The summed E-state index contributed by atoms with van der Waals surface area (Å²) in [5.41, 5.74) is 4.14. The van der Waals surface area contributed by atoms with E-state index < -0.39 is 5.60 Å². The van der Waals surface area contributed by atoms with Gasteiger partial charge in [0.25, 0.3) is 0 Å². The number of carbonyl (C=O) groups is 1. The van der Waals surface area contributed by atoms with Gasteiger partial charge >= 0.3 is 6.09 Å². The molecule has 1 aromatic heterocycles. The molecule has 1 aromatic carbocycles. The average Bonchev–Trinajstić information content (AvgIpc) is 2.99. The summed E-state index contributed by atoms with van der Waals surface area (Å²) in [6.07, 6.45) is 2.67. The zero-order valence-corrected chi connectivity index (χ0v) is 14.6. The quantitative estimate of drug-likeness (QED) is 0.922. The van der Waals surface area contributed by atoms with Crippen molar-refractivity contribution >= 4 is 22.7 Å². The third-order valence-electron chi connectivity index (χ3n) is 3.99. The highest BCUT2D eigenvalue weighted by atomic mass is 16.6. The first-order valence-electron chi connectivity index (χ1n) is 8.03. The van der Waals surface area contributed by atoms with Crippen LogP contribution in [-0.4, -0.2) is 42.2 Å². The molecular formula is C18H25N3O2. The fourth-order valence-corrected chi connectivity index (χ4v) is 3.18. The summed E-state index contributed by atoms with van der Waals surface area (Å²) in [5.74, 6) is 0. The smallest absolute Gasteiger partial charge is 0.414 e. The summed E-state index contributed by atoms with van der Waals surface area (Å²) in [6, 6.07) is 4.07. The van der Waals surface area contributed by atoms with Crippen molar-refractivity contribution in [1.82, 2.24) is 9.88 Å². The number of nitrogens with zero attached hydrogens (tertiary/aromatic N) is 2. The second kappa shape index (κ2) is 5.57. The molecular weight excluding hydrogens is 290 g/mol. The number of carbonyl (C=O) groups excluding carboxylic acids is 1. The number of nitrogens with one attached hydrogen (secondary N) is 1. The topological polar surface area (TPSA) is 48.6 Å². The van der Waals surface area contributed by atoms with Crippen molar-refractivity contribution < 1.29 is 9.53 Å². The Morgan fingerprint density at radius 3 is 2.74 bits per heavy atom. The van der Waals surface area contributed by atoms with Gasteiger partial charge in [0, 0.05) is 30.2 Å². The van der Waals surface area contributed by atoms with E-state index in [9.17, 15) is 4.79 Å². The summed E-state index contributed by atoms with van der Waals surface area (Å²) in [7, 11) is 4.13. The van der Waals surface area contributed by atoms with Crippen LogP contribution in [0.1, 0.15) is 31.9 Å². The van der Waals surface area contributed by atoms with Gasteiger partial charge in [0.1, 0.15) is 5.60 Å². The fraction of sp³-hybridized carbons (Fsp3) is 0.500. The molecule has 0 atom stereocenters. The SMILES string of the molecule is CN(C)Cc1c[nH]c2ccc3c(c12)CCN3C(=O)OC(C)(C)C. The summed E-state index contributed by atoms with van der Waals surface area (Å²) in [4.78, 5) is 19.7. The highest BCUT2D eigenvalue weighted by Crippen LogP contribution is 2.36. The zero-order valence-electron chi connectivity index (χ0n) is 14.6. The predicted molar refractivity (Wildman–Crippen MR) is 93.0 cm³/mol. The number of aromatic amines is 1. The van der Waals surface area contributed by atoms with Crippen molar-refractivity contribution in [2.45, 2.75) is 39.3 Å². The van der Waals surface area contributed by atoms with Crippen LogP contribution in [0.2, 0.25) is 0 Å². The molecule has 1 N–H and O–H groups in total. The lowest BCUT2D eigenvalue weighted by Gasteiger charge is -2.24. The predicted octanol–water partition coefficient (Wildman–Crippen LogP) is 3.53. The Labute approximate surface area is 137 Å². The number of H-pyrrole nitrogens is 1. The van der Waals surface area contributed by atoms with Crippen molar-refractivity contribution in [3.8, 4) is 0 Å². The first-order valence-corrected chi connectivity index (χ1v) is 8.03. The summed E-state index contributed by atoms with van der Waals surface area (Å²) < 4.78 is 5.54. The van der Waals surface area contributed by atoms with E-state index in [4.69, 9.17) is 4.74 Å². The minimum absolute atomic E-state index is 0.264. The molecule has 0 aliphatic carbocycles. The van der Waals surface area contributed by atoms with E-state index in [0.717, 1.165) is 24.2 Å². The number of anilines is 1. The minimum Gasteiger partial charge on any atom is -0.443 e. The number of aromatic nitrogens is 1. The van der Waals surface area contributed by atoms with E-state index in [-0.39, 0.29) is 6.09 Å². The van der Waals surface area contributed by atoms with Gasteiger partial charge < -0.3 is 14.6 Å². The lowest BCUT2D eigenvalue weighted by Crippen LogP contribution is -2.35.